The molecule has 0 bridgehead atoms. The molecule has 0 saturated carbocycles. The van der Waals surface area contributed by atoms with E-state index in [1.807, 2.05) is 0 Å². The number of carbonyl (C=O) groups is 2. The number of fused-ring (bicyclic) bond motifs is 2. The summed E-state index contributed by atoms with van der Waals surface area (Å²) in [6.45, 7) is 0. The molecule has 6 aromatic rings. The maximum absolute atomic E-state index is 11.4. The van der Waals surface area contributed by atoms with Gasteiger partial charge in [-0.05, 0) is 54.6 Å². The van der Waals surface area contributed by atoms with Gasteiger partial charge in [-0.1, -0.05) is 0 Å². The molecule has 37 heteroatoms. The van der Waals surface area contributed by atoms with E-state index in [4.69, 9.17) is 68.7 Å². The number of nitrogens with zero attached hydrogens (tertiary/aromatic N) is 1. The summed E-state index contributed by atoms with van der Waals surface area (Å²) in [5.74, 6) is -4.00. The van der Waals surface area contributed by atoms with Crippen LogP contribution in [0.25, 0.3) is 21.5 Å². The number of methoxy groups -OCH3 is 1. The Morgan fingerprint density at radius 2 is 0.986 bits per heavy atom. The molecule has 6 rings (SSSR count). The number of carboxylic acids is 2. The van der Waals surface area contributed by atoms with Crippen molar-refractivity contribution in [3.05, 3.63) is 81.9 Å². The van der Waals surface area contributed by atoms with Crippen molar-refractivity contribution >= 4 is 130 Å². The molecule has 32 nitrogen and oxygen atoms in total. The monoisotopic (exact) mass is 1110 g/mol. The highest BCUT2D eigenvalue weighted by molar-refractivity contribution is 7.87. The number of nitrogen functional groups attached to an aromatic ring is 7. The number of hydrogen-bond acceptors (Lipinski definition) is 24. The molecule has 0 fully saturated rings. The zero-order chi connectivity index (χ0) is 55.7. The Labute approximate surface area is 403 Å². The quantitative estimate of drug-likeness (QED) is 0.0317. The number of carboxylic acid groups (broad SMARTS) is 2. The molecule has 72 heavy (non-hydrogen) atoms. The molecule has 0 aliphatic heterocycles. The molecule has 0 heterocycles. The number of benzene rings is 6. The number of nitro benzene ring substituents is 1. The van der Waals surface area contributed by atoms with Crippen LogP contribution in [0.1, 0.15) is 20.7 Å². The molecule has 0 radical (unpaired) electrons. The second-order valence-corrected chi connectivity index (χ2v) is 20.7. The summed E-state index contributed by atoms with van der Waals surface area (Å²) in [6, 6.07) is 9.53. The number of phenols is 2. The fourth-order valence-corrected chi connectivity index (χ4v) is 9.40. The zero-order valence-electron chi connectivity index (χ0n) is 35.5. The standard InChI is InChI=1S/C10H11N3O7S2.C10H10N2O7S2.C8H7NO4.C7H8N2O6S/c11-4-2-5(21(15,16)17)3-1-6(22(18,19)20)9(13)10(14)7(3)8(4)12;11-6-2-1-4-5(10(6)21(17,18)19)3-7(20(14,15)16)8(12)9(4)13;9-6-3-4(7(10)11)1-2-5(6)8(12)13;1-15-6-3-5(9(10)11)7(2-4(6)8)16(12,13)14/h1-2,14H,11-13H2,(H,15,16,17)(H,18,19,20);1-3,13H,11-12H2,(H,14,15,16)(H,17,18,19);1-3H,9H2,(H,10,11)(H,12,13);2-3H,8H2,1H3,(H,12,13,14). The van der Waals surface area contributed by atoms with Crippen molar-refractivity contribution < 1.29 is 105 Å². The van der Waals surface area contributed by atoms with Crippen molar-refractivity contribution in [1.82, 2.24) is 0 Å². The molecule has 0 atom stereocenters. The minimum atomic E-state index is -4.87. The maximum atomic E-state index is 11.4. The van der Waals surface area contributed by atoms with Gasteiger partial charge in [0.15, 0.2) is 4.90 Å². The van der Waals surface area contributed by atoms with Crippen molar-refractivity contribution in [2.24, 2.45) is 0 Å². The third-order valence-corrected chi connectivity index (χ3v) is 13.7. The Hall–Kier alpha value is -8.27. The Morgan fingerprint density at radius 3 is 1.40 bits per heavy atom. The summed E-state index contributed by atoms with van der Waals surface area (Å²) in [7, 11) is -22.8. The molecule has 0 aliphatic rings. The lowest BCUT2D eigenvalue weighted by Crippen LogP contribution is -2.08. The third-order valence-electron chi connectivity index (χ3n) is 9.12. The largest absolute Gasteiger partial charge is 0.505 e. The predicted octanol–water partition coefficient (Wildman–Crippen LogP) is 1.09. The summed E-state index contributed by atoms with van der Waals surface area (Å²) in [5.41, 5.74) is 34.7. The predicted molar refractivity (Wildman–Crippen MR) is 251 cm³/mol. The summed E-state index contributed by atoms with van der Waals surface area (Å²) in [4.78, 5) is 26.2. The van der Waals surface area contributed by atoms with Gasteiger partial charge in [0, 0.05) is 21.8 Å². The molecular formula is C35H36N8O24S5. The fraction of sp³-hybridized carbons (Fsp3) is 0.0286. The lowest BCUT2D eigenvalue weighted by Gasteiger charge is -2.14. The normalized spacial score (nSPS) is 11.8. The van der Waals surface area contributed by atoms with E-state index in [1.165, 1.54) is 25.3 Å². The van der Waals surface area contributed by atoms with E-state index in [0.717, 1.165) is 30.3 Å². The van der Waals surface area contributed by atoms with E-state index in [-0.39, 0.29) is 56.1 Å². The molecule has 0 saturated heterocycles. The van der Waals surface area contributed by atoms with E-state index in [9.17, 15) is 81.1 Å². The molecule has 6 aromatic carbocycles. The lowest BCUT2D eigenvalue weighted by molar-refractivity contribution is -0.387. The average molecular weight is 1110 g/mol. The van der Waals surface area contributed by atoms with Crippen LogP contribution in [0.4, 0.5) is 45.5 Å². The van der Waals surface area contributed by atoms with Crippen LogP contribution >= 0.6 is 0 Å². The number of hydrogen-bond donors (Lipinski definition) is 16. The van der Waals surface area contributed by atoms with Gasteiger partial charge in [-0.2, -0.15) is 42.1 Å². The van der Waals surface area contributed by atoms with Crippen LogP contribution in [0.2, 0.25) is 0 Å². The lowest BCUT2D eigenvalue weighted by atomic mass is 10.1. The van der Waals surface area contributed by atoms with Gasteiger partial charge in [-0.25, -0.2) is 9.59 Å². The Kier molecular flexibility index (Phi) is 16.6. The van der Waals surface area contributed by atoms with Crippen LogP contribution in [-0.2, 0) is 50.6 Å². The Bertz CT molecular complexity index is 3860. The second kappa shape index (κ2) is 20.6. The number of anilines is 7. The minimum absolute atomic E-state index is 0.0255. The van der Waals surface area contributed by atoms with Crippen LogP contribution in [0.15, 0.2) is 85.1 Å². The smallest absolute Gasteiger partial charge is 0.337 e. The molecule has 0 aromatic heterocycles. The highest BCUT2D eigenvalue weighted by atomic mass is 32.2. The minimum Gasteiger partial charge on any atom is -0.505 e. The van der Waals surface area contributed by atoms with Gasteiger partial charge in [0.1, 0.15) is 36.8 Å². The topological polar surface area (TPSA) is 621 Å². The number of phenolic OH excluding ortho intramolecular Hbond substituents is 2. The third kappa shape index (κ3) is 12.7. The number of rotatable bonds is 9. The average Bonchev–Trinajstić information content (AvgIpc) is 3.22. The number of ether oxygens (including phenoxy) is 1. The molecule has 390 valence electrons. The zero-order valence-corrected chi connectivity index (χ0v) is 39.5. The molecule has 0 spiro atoms. The highest BCUT2D eigenvalue weighted by Crippen LogP contribution is 2.44. The van der Waals surface area contributed by atoms with Gasteiger partial charge in [0.25, 0.3) is 46.2 Å². The van der Waals surface area contributed by atoms with E-state index in [1.54, 1.807) is 0 Å². The number of aromatic hydroxyl groups is 2. The van der Waals surface area contributed by atoms with Crippen LogP contribution in [0.3, 0.4) is 0 Å². The van der Waals surface area contributed by atoms with Gasteiger partial charge in [0.05, 0.1) is 68.7 Å². The molecule has 0 unspecified atom stereocenters. The van der Waals surface area contributed by atoms with Gasteiger partial charge >= 0.3 is 22.1 Å². The molecule has 0 amide bonds. The van der Waals surface area contributed by atoms with Crippen molar-refractivity contribution in [2.75, 3.05) is 47.2 Å². The van der Waals surface area contributed by atoms with Crippen LogP contribution in [-0.4, -0.2) is 109 Å². The van der Waals surface area contributed by atoms with E-state index in [0.29, 0.717) is 12.1 Å². The maximum Gasteiger partial charge on any atom is 0.337 e. The summed E-state index contributed by atoms with van der Waals surface area (Å²) in [5, 5.41) is 46.2. The van der Waals surface area contributed by atoms with E-state index < -0.39 is 131 Å². The Morgan fingerprint density at radius 1 is 0.514 bits per heavy atom. The SMILES string of the molecule is COc1cc([N+](=O)[O-])c(S(=O)(=O)O)cc1N.Nc1cc(C(=O)O)ccc1C(=O)O.Nc1cc(S(=O)(=O)O)c2cc(S(=O)(=O)O)c(N)c(O)c2c1N.Nc1ccc2c(O)c(N)c(S(=O)(=O)O)cc2c1S(=O)(=O)O. The number of nitro groups is 1. The van der Waals surface area contributed by atoms with Crippen molar-refractivity contribution in [1.29, 1.82) is 0 Å². The van der Waals surface area contributed by atoms with Crippen molar-refractivity contribution in [2.45, 2.75) is 24.5 Å². The fourth-order valence-electron chi connectivity index (χ4n) is 5.91. The Balaban J connectivity index is 0.000000259. The van der Waals surface area contributed by atoms with E-state index in [2.05, 4.69) is 0 Å². The number of nitrogens with two attached hydrogens (primary N) is 7. The first-order valence-electron chi connectivity index (χ1n) is 17.9. The van der Waals surface area contributed by atoms with Crippen molar-refractivity contribution in [3.63, 3.8) is 0 Å². The van der Waals surface area contributed by atoms with E-state index >= 15 is 0 Å². The van der Waals surface area contributed by atoms with Crippen LogP contribution < -0.4 is 44.9 Å². The first kappa shape index (κ1) is 58.0. The first-order valence-corrected chi connectivity index (χ1v) is 25.1. The van der Waals surface area contributed by atoms with Crippen LogP contribution in [0, 0.1) is 10.1 Å². The summed E-state index contributed by atoms with van der Waals surface area (Å²) < 4.78 is 162. The van der Waals surface area contributed by atoms with Gasteiger partial charge in [-0.3, -0.25) is 32.9 Å². The summed E-state index contributed by atoms with van der Waals surface area (Å²) in [6.07, 6.45) is 0. The van der Waals surface area contributed by atoms with Gasteiger partial charge < -0.3 is 65.3 Å². The second-order valence-electron chi connectivity index (χ2n) is 13.8. The molecular weight excluding hydrogens is 1080 g/mol. The molecule has 23 N–H and O–H groups in total. The number of aromatic carboxylic acids is 2. The van der Waals surface area contributed by atoms with Gasteiger partial charge in [0.2, 0.25) is 0 Å². The van der Waals surface area contributed by atoms with Gasteiger partial charge in [-0.15, -0.1) is 0 Å². The highest BCUT2D eigenvalue weighted by Gasteiger charge is 2.29. The summed E-state index contributed by atoms with van der Waals surface area (Å²) >= 11 is 0. The first-order chi connectivity index (χ1) is 32.6. The van der Waals surface area contributed by atoms with Crippen molar-refractivity contribution in [3.8, 4) is 17.2 Å². The van der Waals surface area contributed by atoms with Crippen LogP contribution in [0.5, 0.6) is 17.2 Å². The molecule has 0 aliphatic carbocycles.